The van der Waals surface area contributed by atoms with Gasteiger partial charge in [-0.1, -0.05) is 18.2 Å². The van der Waals surface area contributed by atoms with Crippen molar-refractivity contribution in [3.63, 3.8) is 0 Å². The maximum absolute atomic E-state index is 10.2. The van der Waals surface area contributed by atoms with E-state index in [-0.39, 0.29) is 25.4 Å². The number of nitrogens with two attached hydrogens (primary N) is 2. The van der Waals surface area contributed by atoms with Crippen molar-refractivity contribution in [2.75, 3.05) is 49.2 Å². The molecule has 1 aromatic heterocycles. The molecular formula is C29H38N6O8. The van der Waals surface area contributed by atoms with Gasteiger partial charge in [-0.15, -0.1) is 0 Å². The van der Waals surface area contributed by atoms with E-state index >= 15 is 0 Å². The second-order valence-electron chi connectivity index (χ2n) is 9.47. The number of likely N-dealkylation sites (tertiary alicyclic amines) is 1. The number of hydrogen-bond acceptors (Lipinski definition) is 11. The maximum atomic E-state index is 10.2. The van der Waals surface area contributed by atoms with Crippen LogP contribution in [0.15, 0.2) is 48.7 Å². The third-order valence-corrected chi connectivity index (χ3v) is 6.65. The molecule has 3 heterocycles. The van der Waals surface area contributed by atoms with Crippen molar-refractivity contribution >= 4 is 36.9 Å². The monoisotopic (exact) mass is 598 g/mol. The average Bonchev–Trinajstić information content (AvgIpc) is 3.65. The number of aromatic nitrogens is 2. The Hall–Kier alpha value is -4.95. The number of ether oxygens (including phenoxy) is 1. The second-order valence-corrected chi connectivity index (χ2v) is 9.47. The van der Waals surface area contributed by atoms with Gasteiger partial charge in [0.2, 0.25) is 5.95 Å². The van der Waals surface area contributed by atoms with Crippen LogP contribution in [-0.4, -0.2) is 93.6 Å². The third-order valence-electron chi connectivity index (χ3n) is 6.65. The van der Waals surface area contributed by atoms with E-state index in [4.69, 9.17) is 45.9 Å². The SMILES string of the molecule is Nc1ncc(CN2CCc3cc(-c4ccc(OCC(O)CN5CCCC5)cc4)ccc32)c(N)n1.O=CO.O=CO.O=CO. The highest BCUT2D eigenvalue weighted by Crippen LogP contribution is 2.34. The predicted molar refractivity (Wildman–Crippen MR) is 161 cm³/mol. The first-order chi connectivity index (χ1) is 20.8. The molecule has 0 radical (unpaired) electrons. The van der Waals surface area contributed by atoms with E-state index in [1.807, 2.05) is 12.1 Å². The lowest BCUT2D eigenvalue weighted by molar-refractivity contribution is -0.123. The van der Waals surface area contributed by atoms with Crippen molar-refractivity contribution in [3.05, 3.63) is 59.8 Å². The summed E-state index contributed by atoms with van der Waals surface area (Å²) >= 11 is 0. The number of hydrogen-bond donors (Lipinski definition) is 6. The van der Waals surface area contributed by atoms with E-state index in [9.17, 15) is 5.11 Å². The molecule has 0 spiro atoms. The number of rotatable bonds is 8. The molecule has 0 aliphatic carbocycles. The first-order valence-electron chi connectivity index (χ1n) is 13.4. The molecule has 2 aliphatic heterocycles. The van der Waals surface area contributed by atoms with Crippen LogP contribution in [-0.2, 0) is 27.3 Å². The molecule has 0 amide bonds. The van der Waals surface area contributed by atoms with Crippen molar-refractivity contribution in [1.82, 2.24) is 14.9 Å². The minimum absolute atomic E-state index is 0.197. The zero-order valence-corrected chi connectivity index (χ0v) is 23.7. The Morgan fingerprint density at radius 3 is 2.12 bits per heavy atom. The van der Waals surface area contributed by atoms with Crippen LogP contribution in [0.3, 0.4) is 0 Å². The van der Waals surface area contributed by atoms with Gasteiger partial charge in [-0.05, 0) is 73.3 Å². The Morgan fingerprint density at radius 2 is 1.51 bits per heavy atom. The van der Waals surface area contributed by atoms with E-state index in [1.165, 1.54) is 29.7 Å². The smallest absolute Gasteiger partial charge is 0.290 e. The summed E-state index contributed by atoms with van der Waals surface area (Å²) in [6, 6.07) is 14.7. The van der Waals surface area contributed by atoms with E-state index in [0.29, 0.717) is 25.5 Å². The van der Waals surface area contributed by atoms with Crippen LogP contribution in [0, 0.1) is 0 Å². The predicted octanol–water partition coefficient (Wildman–Crippen LogP) is 1.81. The summed E-state index contributed by atoms with van der Waals surface area (Å²) in [5.74, 6) is 1.41. The summed E-state index contributed by atoms with van der Waals surface area (Å²) in [4.78, 5) is 37.8. The zero-order chi connectivity index (χ0) is 31.6. The van der Waals surface area contributed by atoms with E-state index in [1.54, 1.807) is 6.20 Å². The van der Waals surface area contributed by atoms with Gasteiger partial charge in [0.05, 0.1) is 0 Å². The number of aliphatic hydroxyl groups excluding tert-OH is 1. The number of carbonyl (C=O) groups is 3. The molecular weight excluding hydrogens is 560 g/mol. The Balaban J connectivity index is 0.000000641. The van der Waals surface area contributed by atoms with E-state index in [0.717, 1.165) is 42.9 Å². The molecule has 14 nitrogen and oxygen atoms in total. The fraction of sp³-hybridized carbons (Fsp3) is 0.345. The van der Waals surface area contributed by atoms with Gasteiger partial charge in [0.15, 0.2) is 0 Å². The van der Waals surface area contributed by atoms with Gasteiger partial charge in [-0.25, -0.2) is 4.98 Å². The summed E-state index contributed by atoms with van der Waals surface area (Å²) < 4.78 is 5.82. The molecule has 1 unspecified atom stereocenters. The number of anilines is 3. The van der Waals surface area contributed by atoms with Gasteiger partial charge in [-0.3, -0.25) is 14.4 Å². The van der Waals surface area contributed by atoms with Gasteiger partial charge in [0.1, 0.15) is 24.3 Å². The summed E-state index contributed by atoms with van der Waals surface area (Å²) in [5.41, 5.74) is 17.4. The fourth-order valence-corrected chi connectivity index (χ4v) is 4.83. The van der Waals surface area contributed by atoms with Crippen LogP contribution >= 0.6 is 0 Å². The molecule has 1 saturated heterocycles. The minimum atomic E-state index is -0.465. The van der Waals surface area contributed by atoms with Crippen molar-refractivity contribution in [2.24, 2.45) is 0 Å². The van der Waals surface area contributed by atoms with Crippen molar-refractivity contribution < 1.29 is 39.5 Å². The molecule has 232 valence electrons. The van der Waals surface area contributed by atoms with Crippen molar-refractivity contribution in [3.8, 4) is 16.9 Å². The zero-order valence-electron chi connectivity index (χ0n) is 23.7. The number of benzene rings is 2. The lowest BCUT2D eigenvalue weighted by Crippen LogP contribution is -2.33. The molecule has 5 rings (SSSR count). The fourth-order valence-electron chi connectivity index (χ4n) is 4.83. The summed E-state index contributed by atoms with van der Waals surface area (Å²) in [5, 5.41) is 30.9. The van der Waals surface area contributed by atoms with Crippen LogP contribution in [0.1, 0.15) is 24.0 Å². The lowest BCUT2D eigenvalue weighted by Gasteiger charge is -2.20. The normalized spacial score (nSPS) is 13.9. The number of carboxylic acid groups (broad SMARTS) is 3. The Morgan fingerprint density at radius 1 is 0.907 bits per heavy atom. The third kappa shape index (κ3) is 11.1. The molecule has 2 aromatic carbocycles. The first kappa shape index (κ1) is 34.3. The van der Waals surface area contributed by atoms with Crippen LogP contribution in [0.4, 0.5) is 17.5 Å². The van der Waals surface area contributed by atoms with Gasteiger partial charge < -0.3 is 46.4 Å². The van der Waals surface area contributed by atoms with Crippen LogP contribution in [0.2, 0.25) is 0 Å². The molecule has 14 heteroatoms. The van der Waals surface area contributed by atoms with Crippen LogP contribution in [0.25, 0.3) is 11.1 Å². The second kappa shape index (κ2) is 18.5. The molecule has 0 bridgehead atoms. The minimum Gasteiger partial charge on any atom is -0.491 e. The molecule has 0 saturated carbocycles. The van der Waals surface area contributed by atoms with Gasteiger partial charge in [0.25, 0.3) is 19.4 Å². The van der Waals surface area contributed by atoms with Gasteiger partial charge in [0, 0.05) is 37.1 Å². The van der Waals surface area contributed by atoms with Gasteiger partial charge in [-0.2, -0.15) is 4.98 Å². The Kier molecular flexibility index (Phi) is 14.7. The standard InChI is InChI=1S/C26H32N6O2.3CH2O2/c27-25-21(14-29-26(28)30-25)15-32-12-9-20-13-19(5-8-24(20)32)18-3-6-23(7-4-18)34-17-22(33)16-31-10-1-2-11-31;3*2-1-3/h3-8,13-14,22,33H,1-2,9-12,15-17H2,(H4,27,28,29,30);3*1H,(H,2,3). The molecule has 43 heavy (non-hydrogen) atoms. The Labute approximate surface area is 249 Å². The van der Waals surface area contributed by atoms with Gasteiger partial charge >= 0.3 is 0 Å². The maximum Gasteiger partial charge on any atom is 0.290 e. The van der Waals surface area contributed by atoms with E-state index in [2.05, 4.69) is 50.1 Å². The first-order valence-corrected chi connectivity index (χ1v) is 13.4. The highest BCUT2D eigenvalue weighted by Gasteiger charge is 2.21. The molecule has 8 N–H and O–H groups in total. The average molecular weight is 599 g/mol. The summed E-state index contributed by atoms with van der Waals surface area (Å²) in [6.07, 6.45) is 4.67. The number of fused-ring (bicyclic) bond motifs is 1. The highest BCUT2D eigenvalue weighted by atomic mass is 16.5. The number of nitrogens with zero attached hydrogens (tertiary/aromatic N) is 4. The largest absolute Gasteiger partial charge is 0.491 e. The molecule has 2 aliphatic rings. The topological polar surface area (TPSA) is 226 Å². The number of β-amino-alcohol motifs (C(OH)–C–C–N with tert-alkyl or cyclic N) is 1. The van der Waals surface area contributed by atoms with E-state index < -0.39 is 6.10 Å². The highest BCUT2D eigenvalue weighted by molar-refractivity contribution is 5.71. The molecule has 3 aromatic rings. The van der Waals surface area contributed by atoms with Crippen LogP contribution in [0.5, 0.6) is 5.75 Å². The van der Waals surface area contributed by atoms with Crippen LogP contribution < -0.4 is 21.1 Å². The van der Waals surface area contributed by atoms with Crippen molar-refractivity contribution in [1.29, 1.82) is 0 Å². The molecule has 1 atom stereocenters. The number of aliphatic hydroxyl groups is 1. The number of nitrogen functional groups attached to an aromatic ring is 2. The summed E-state index contributed by atoms with van der Waals surface area (Å²) in [7, 11) is 0. The Bertz CT molecular complexity index is 1270. The molecule has 1 fully saturated rings. The summed E-state index contributed by atoms with van der Waals surface area (Å²) in [6.45, 7) is 3.99. The quantitative estimate of drug-likeness (QED) is 0.203. The van der Waals surface area contributed by atoms with Crippen molar-refractivity contribution in [2.45, 2.75) is 31.9 Å². The lowest BCUT2D eigenvalue weighted by atomic mass is 10.0.